The van der Waals surface area contributed by atoms with E-state index in [1.807, 2.05) is 26.0 Å². The fourth-order valence-corrected chi connectivity index (χ4v) is 5.30. The predicted octanol–water partition coefficient (Wildman–Crippen LogP) is 2.86. The topological polar surface area (TPSA) is 125 Å². The Kier molecular flexibility index (Phi) is 8.94. The molecule has 4 atom stereocenters. The lowest BCUT2D eigenvalue weighted by atomic mass is 9.77. The fourth-order valence-electron chi connectivity index (χ4n) is 5.17. The van der Waals surface area contributed by atoms with E-state index in [0.717, 1.165) is 5.56 Å². The van der Waals surface area contributed by atoms with Gasteiger partial charge in [-0.1, -0.05) is 37.6 Å². The van der Waals surface area contributed by atoms with Gasteiger partial charge in [0, 0.05) is 41.2 Å². The zero-order valence-electron chi connectivity index (χ0n) is 22.1. The monoisotopic (exact) mass is 556 g/mol. The smallest absolute Gasteiger partial charge is 0.247 e. The molecular weight excluding hydrogens is 524 g/mol. The summed E-state index contributed by atoms with van der Waals surface area (Å²) in [4.78, 5) is 40.1. The third kappa shape index (κ3) is 5.95. The van der Waals surface area contributed by atoms with Crippen LogP contribution in [0.5, 0.6) is 11.5 Å². The summed E-state index contributed by atoms with van der Waals surface area (Å²) in [6.07, 6.45) is 0.379. The number of benzene rings is 2. The lowest BCUT2D eigenvalue weighted by molar-refractivity contribution is -0.138. The van der Waals surface area contributed by atoms with Crippen LogP contribution < -0.4 is 14.8 Å². The van der Waals surface area contributed by atoms with Crippen molar-refractivity contribution in [1.29, 1.82) is 0 Å². The number of ether oxygens (including phenoxy) is 2. The van der Waals surface area contributed by atoms with Crippen molar-refractivity contribution in [3.05, 3.63) is 69.8 Å². The van der Waals surface area contributed by atoms with E-state index in [1.54, 1.807) is 29.2 Å². The number of hydrogen-bond acceptors (Lipinski definition) is 7. The van der Waals surface area contributed by atoms with Crippen LogP contribution in [0.15, 0.2) is 48.0 Å². The first-order chi connectivity index (χ1) is 18.7. The van der Waals surface area contributed by atoms with Gasteiger partial charge in [0.15, 0.2) is 11.5 Å². The van der Waals surface area contributed by atoms with Gasteiger partial charge in [-0.15, -0.1) is 0 Å². The van der Waals surface area contributed by atoms with Gasteiger partial charge in [-0.3, -0.25) is 14.4 Å². The summed E-state index contributed by atoms with van der Waals surface area (Å²) >= 11 is 6.06. The molecule has 9 nitrogen and oxygen atoms in total. The summed E-state index contributed by atoms with van der Waals surface area (Å²) < 4.78 is 11.7. The first kappa shape index (κ1) is 28.6. The average Bonchev–Trinajstić information content (AvgIpc) is 3.31. The van der Waals surface area contributed by atoms with Crippen LogP contribution in [0.3, 0.4) is 0 Å². The van der Waals surface area contributed by atoms with Crippen molar-refractivity contribution >= 4 is 29.7 Å². The Morgan fingerprint density at radius 1 is 1.23 bits per heavy atom. The molecule has 2 aromatic carbocycles. The molecule has 0 aromatic heterocycles. The maximum atomic E-state index is 13.5. The van der Waals surface area contributed by atoms with Crippen molar-refractivity contribution in [1.82, 2.24) is 10.2 Å². The first-order valence-electron chi connectivity index (χ1n) is 12.8. The highest BCUT2D eigenvalue weighted by atomic mass is 35.5. The molecule has 4 unspecified atom stereocenters. The van der Waals surface area contributed by atoms with Gasteiger partial charge in [0.1, 0.15) is 18.5 Å². The summed E-state index contributed by atoms with van der Waals surface area (Å²) in [7, 11) is 1.44. The van der Waals surface area contributed by atoms with Crippen molar-refractivity contribution in [2.75, 3.05) is 20.3 Å². The normalized spacial score (nSPS) is 21.4. The van der Waals surface area contributed by atoms with E-state index in [4.69, 9.17) is 21.1 Å². The SMILES string of the molecule is COc1cc(C=O)cc2c1OC1C2C(C(=O)NCCO)=CC(N(Cc2ccc(Cl)cc2)C(=O)CC(C)C)C1O. The van der Waals surface area contributed by atoms with Crippen molar-refractivity contribution in [3.63, 3.8) is 0 Å². The molecule has 0 radical (unpaired) electrons. The number of aldehydes is 1. The predicted molar refractivity (Wildman–Crippen MR) is 145 cm³/mol. The van der Waals surface area contributed by atoms with Crippen LogP contribution in [0.2, 0.25) is 5.02 Å². The Labute approximate surface area is 232 Å². The number of nitrogens with one attached hydrogen (secondary N) is 1. The van der Waals surface area contributed by atoms with Gasteiger partial charge in [0.2, 0.25) is 11.8 Å². The van der Waals surface area contributed by atoms with Crippen molar-refractivity contribution in [2.24, 2.45) is 5.92 Å². The van der Waals surface area contributed by atoms with Gasteiger partial charge in [-0.2, -0.15) is 0 Å². The molecule has 0 spiro atoms. The molecular formula is C29H33ClN2O7. The van der Waals surface area contributed by atoms with Crippen molar-refractivity contribution in [3.8, 4) is 11.5 Å². The number of fused-ring (bicyclic) bond motifs is 3. The van der Waals surface area contributed by atoms with Gasteiger partial charge < -0.3 is 29.9 Å². The zero-order valence-corrected chi connectivity index (χ0v) is 22.9. The minimum absolute atomic E-state index is 0.0208. The highest BCUT2D eigenvalue weighted by molar-refractivity contribution is 6.30. The highest BCUT2D eigenvalue weighted by Gasteiger charge is 2.51. The minimum Gasteiger partial charge on any atom is -0.493 e. The number of aliphatic hydroxyl groups is 2. The summed E-state index contributed by atoms with van der Waals surface area (Å²) in [5, 5.41) is 24.2. The summed E-state index contributed by atoms with van der Waals surface area (Å²) in [5.74, 6) is -0.687. The number of hydrogen-bond donors (Lipinski definition) is 3. The molecule has 2 amide bonds. The van der Waals surface area contributed by atoms with Gasteiger partial charge in [0.25, 0.3) is 0 Å². The Balaban J connectivity index is 1.82. The fraction of sp³-hybridized carbons (Fsp3) is 0.414. The summed E-state index contributed by atoms with van der Waals surface area (Å²) in [5.41, 5.74) is 1.93. The Hall–Kier alpha value is -3.40. The second-order valence-corrected chi connectivity index (χ2v) is 10.6. The number of aliphatic hydroxyl groups excluding tert-OH is 2. The summed E-state index contributed by atoms with van der Waals surface area (Å²) in [6, 6.07) is 9.32. The van der Waals surface area contributed by atoms with Crippen molar-refractivity contribution in [2.45, 2.75) is 51.0 Å². The maximum Gasteiger partial charge on any atom is 0.247 e. The molecule has 2 aromatic rings. The highest BCUT2D eigenvalue weighted by Crippen LogP contribution is 2.51. The second kappa shape index (κ2) is 12.2. The molecule has 10 heteroatoms. The Morgan fingerprint density at radius 2 is 1.95 bits per heavy atom. The number of rotatable bonds is 10. The van der Waals surface area contributed by atoms with Crippen LogP contribution in [0, 0.1) is 5.92 Å². The molecule has 1 aliphatic heterocycles. The van der Waals surface area contributed by atoms with Gasteiger partial charge >= 0.3 is 0 Å². The quantitative estimate of drug-likeness (QED) is 0.384. The lowest BCUT2D eigenvalue weighted by Gasteiger charge is -2.41. The number of nitrogens with zero attached hydrogens (tertiary/aromatic N) is 1. The summed E-state index contributed by atoms with van der Waals surface area (Å²) in [6.45, 7) is 3.80. The zero-order chi connectivity index (χ0) is 28.3. The van der Waals surface area contributed by atoms with Crippen LogP contribution in [0.1, 0.15) is 47.7 Å². The van der Waals surface area contributed by atoms with E-state index in [-0.39, 0.29) is 43.5 Å². The third-order valence-electron chi connectivity index (χ3n) is 6.94. The van der Waals surface area contributed by atoms with Crippen LogP contribution in [0.4, 0.5) is 0 Å². The van der Waals surface area contributed by atoms with Crippen molar-refractivity contribution < 1.29 is 34.1 Å². The third-order valence-corrected chi connectivity index (χ3v) is 7.19. The maximum absolute atomic E-state index is 13.5. The molecule has 1 heterocycles. The van der Waals surface area contributed by atoms with Crippen LogP contribution in [-0.2, 0) is 16.1 Å². The Morgan fingerprint density at radius 3 is 2.56 bits per heavy atom. The standard InChI is InChI=1S/C29H33ClN2O7/c1-16(2)10-24(35)32(14-17-4-6-19(30)7-5-17)22-13-21(29(37)31-8-9-33)25-20-11-18(15-34)12-23(38-3)27(20)39-28(25)26(22)36/h4-7,11-13,15-16,22,25-26,28,33,36H,8-10,14H2,1-3H3,(H,31,37). The van der Waals surface area contributed by atoms with E-state index >= 15 is 0 Å². The molecule has 4 rings (SSSR count). The first-order valence-corrected chi connectivity index (χ1v) is 13.2. The van der Waals surface area contributed by atoms with Gasteiger partial charge in [-0.25, -0.2) is 0 Å². The Bertz CT molecular complexity index is 1260. The molecule has 208 valence electrons. The van der Waals surface area contributed by atoms with E-state index in [9.17, 15) is 24.6 Å². The second-order valence-electron chi connectivity index (χ2n) is 10.1. The number of carbonyl (C=O) groups excluding carboxylic acids is 3. The van der Waals surface area contributed by atoms with E-state index < -0.39 is 30.1 Å². The molecule has 0 saturated heterocycles. The van der Waals surface area contributed by atoms with Gasteiger partial charge in [-0.05, 0) is 41.8 Å². The molecule has 0 saturated carbocycles. The van der Waals surface area contributed by atoms with Crippen LogP contribution in [0.25, 0.3) is 0 Å². The average molecular weight is 557 g/mol. The largest absolute Gasteiger partial charge is 0.493 e. The van der Waals surface area contributed by atoms with E-state index in [1.165, 1.54) is 13.2 Å². The molecule has 39 heavy (non-hydrogen) atoms. The number of carbonyl (C=O) groups is 3. The number of methoxy groups -OCH3 is 1. The van der Waals surface area contributed by atoms with Gasteiger partial charge in [0.05, 0.1) is 25.7 Å². The number of amides is 2. The van der Waals surface area contributed by atoms with E-state index in [2.05, 4.69) is 5.32 Å². The molecule has 1 aliphatic carbocycles. The molecule has 0 fully saturated rings. The molecule has 2 aliphatic rings. The number of halogens is 1. The minimum atomic E-state index is -1.20. The molecule has 3 N–H and O–H groups in total. The van der Waals surface area contributed by atoms with E-state index in [0.29, 0.717) is 33.9 Å². The van der Waals surface area contributed by atoms with Crippen LogP contribution in [-0.4, -0.2) is 71.7 Å². The lowest BCUT2D eigenvalue weighted by Crippen LogP contribution is -2.55. The molecule has 0 bridgehead atoms. The van der Waals surface area contributed by atoms with Crippen LogP contribution >= 0.6 is 11.6 Å².